The molecule has 3 rings (SSSR count). The number of benzene rings is 2. The van der Waals surface area contributed by atoms with E-state index < -0.39 is 0 Å². The SMILES string of the molecule is COc1ccccc1-c1cccc(-c2cc(C)[nH]c(=O)c2C#N)c1. The number of aryl methyl sites for hydroxylation is 1. The maximum Gasteiger partial charge on any atom is 0.266 e. The number of nitriles is 1. The molecule has 118 valence electrons. The Morgan fingerprint density at radius 2 is 1.71 bits per heavy atom. The molecule has 0 bridgehead atoms. The summed E-state index contributed by atoms with van der Waals surface area (Å²) in [4.78, 5) is 14.7. The largest absolute Gasteiger partial charge is 0.496 e. The van der Waals surface area contributed by atoms with Gasteiger partial charge in [-0.3, -0.25) is 4.79 Å². The van der Waals surface area contributed by atoms with Gasteiger partial charge in [0, 0.05) is 16.8 Å². The second-order valence-corrected chi connectivity index (χ2v) is 5.46. The molecular weight excluding hydrogens is 300 g/mol. The van der Waals surface area contributed by atoms with Crippen molar-refractivity contribution < 1.29 is 4.74 Å². The highest BCUT2D eigenvalue weighted by Crippen LogP contribution is 2.32. The average Bonchev–Trinajstić information content (AvgIpc) is 2.61. The van der Waals surface area contributed by atoms with Crippen molar-refractivity contribution in [2.75, 3.05) is 7.11 Å². The van der Waals surface area contributed by atoms with Gasteiger partial charge in [-0.1, -0.05) is 36.4 Å². The molecule has 2 aromatic carbocycles. The van der Waals surface area contributed by atoms with E-state index in [1.165, 1.54) is 0 Å². The molecule has 0 aliphatic carbocycles. The lowest BCUT2D eigenvalue weighted by atomic mass is 9.96. The summed E-state index contributed by atoms with van der Waals surface area (Å²) in [5.41, 5.74) is 3.86. The minimum absolute atomic E-state index is 0.123. The van der Waals surface area contributed by atoms with E-state index in [0.29, 0.717) is 5.56 Å². The first-order valence-electron chi connectivity index (χ1n) is 7.52. The van der Waals surface area contributed by atoms with Crippen molar-refractivity contribution in [3.05, 3.63) is 76.2 Å². The van der Waals surface area contributed by atoms with E-state index in [1.54, 1.807) is 14.0 Å². The van der Waals surface area contributed by atoms with Crippen molar-refractivity contribution >= 4 is 0 Å². The molecule has 4 heteroatoms. The van der Waals surface area contributed by atoms with E-state index in [2.05, 4.69) is 4.98 Å². The summed E-state index contributed by atoms with van der Waals surface area (Å²) in [5.74, 6) is 0.775. The van der Waals surface area contributed by atoms with Gasteiger partial charge in [0.1, 0.15) is 17.4 Å². The van der Waals surface area contributed by atoms with Crippen LogP contribution in [-0.4, -0.2) is 12.1 Å². The Balaban J connectivity index is 2.20. The van der Waals surface area contributed by atoms with Gasteiger partial charge < -0.3 is 9.72 Å². The number of nitrogens with one attached hydrogen (secondary N) is 1. The zero-order valence-corrected chi connectivity index (χ0v) is 13.5. The summed E-state index contributed by atoms with van der Waals surface area (Å²) in [6, 6.07) is 19.3. The molecule has 0 saturated carbocycles. The lowest BCUT2D eigenvalue weighted by Gasteiger charge is -2.11. The van der Waals surface area contributed by atoms with E-state index in [4.69, 9.17) is 4.74 Å². The number of hydrogen-bond donors (Lipinski definition) is 1. The Bertz CT molecular complexity index is 997. The highest BCUT2D eigenvalue weighted by atomic mass is 16.5. The summed E-state index contributed by atoms with van der Waals surface area (Å²) in [5, 5.41) is 9.33. The van der Waals surface area contributed by atoms with E-state index in [1.807, 2.05) is 60.7 Å². The molecule has 0 fully saturated rings. The number of H-pyrrole nitrogens is 1. The van der Waals surface area contributed by atoms with Crippen LogP contribution in [0.1, 0.15) is 11.3 Å². The maximum atomic E-state index is 12.0. The number of ether oxygens (including phenoxy) is 1. The van der Waals surface area contributed by atoms with Crippen LogP contribution in [0.25, 0.3) is 22.3 Å². The number of hydrogen-bond acceptors (Lipinski definition) is 3. The second kappa shape index (κ2) is 6.43. The third kappa shape index (κ3) is 2.80. The molecule has 0 spiro atoms. The van der Waals surface area contributed by atoms with Crippen LogP contribution < -0.4 is 10.3 Å². The van der Waals surface area contributed by atoms with Gasteiger partial charge in [-0.2, -0.15) is 5.26 Å². The van der Waals surface area contributed by atoms with E-state index in [0.717, 1.165) is 28.1 Å². The molecule has 0 radical (unpaired) electrons. The predicted molar refractivity (Wildman–Crippen MR) is 93.9 cm³/mol. The van der Waals surface area contributed by atoms with Crippen molar-refractivity contribution in [1.29, 1.82) is 5.26 Å². The van der Waals surface area contributed by atoms with Crippen LogP contribution in [0.5, 0.6) is 5.75 Å². The highest BCUT2D eigenvalue weighted by molar-refractivity contribution is 5.78. The van der Waals surface area contributed by atoms with Crippen LogP contribution in [0, 0.1) is 18.3 Å². The summed E-state index contributed by atoms with van der Waals surface area (Å²) in [7, 11) is 1.64. The summed E-state index contributed by atoms with van der Waals surface area (Å²) < 4.78 is 5.42. The highest BCUT2D eigenvalue weighted by Gasteiger charge is 2.12. The van der Waals surface area contributed by atoms with Crippen LogP contribution in [0.15, 0.2) is 59.4 Å². The van der Waals surface area contributed by atoms with Crippen LogP contribution in [0.2, 0.25) is 0 Å². The van der Waals surface area contributed by atoms with Crippen LogP contribution in [-0.2, 0) is 0 Å². The van der Waals surface area contributed by atoms with Gasteiger partial charge in [-0.25, -0.2) is 0 Å². The molecule has 4 nitrogen and oxygen atoms in total. The zero-order chi connectivity index (χ0) is 17.1. The standard InChI is InChI=1S/C20H16N2O2/c1-13-10-17(18(12-21)20(23)22-13)15-7-5-6-14(11-15)16-8-3-4-9-19(16)24-2/h3-11H,1-2H3,(H,22,23). The van der Waals surface area contributed by atoms with Crippen molar-refractivity contribution in [2.24, 2.45) is 0 Å². The van der Waals surface area contributed by atoms with Gasteiger partial charge in [-0.05, 0) is 36.2 Å². The van der Waals surface area contributed by atoms with Crippen molar-refractivity contribution in [2.45, 2.75) is 6.92 Å². The van der Waals surface area contributed by atoms with Gasteiger partial charge in [0.15, 0.2) is 0 Å². The Morgan fingerprint density at radius 1 is 1.00 bits per heavy atom. The van der Waals surface area contributed by atoms with Gasteiger partial charge in [0.25, 0.3) is 5.56 Å². The van der Waals surface area contributed by atoms with Gasteiger partial charge in [-0.15, -0.1) is 0 Å². The summed E-state index contributed by atoms with van der Waals surface area (Å²) >= 11 is 0. The molecule has 0 atom stereocenters. The monoisotopic (exact) mass is 316 g/mol. The minimum Gasteiger partial charge on any atom is -0.496 e. The zero-order valence-electron chi connectivity index (χ0n) is 13.5. The first-order valence-corrected chi connectivity index (χ1v) is 7.52. The fourth-order valence-corrected chi connectivity index (χ4v) is 2.76. The quantitative estimate of drug-likeness (QED) is 0.797. The number of aromatic amines is 1. The maximum absolute atomic E-state index is 12.0. The van der Waals surface area contributed by atoms with Crippen LogP contribution in [0.3, 0.4) is 0 Å². The normalized spacial score (nSPS) is 10.2. The second-order valence-electron chi connectivity index (χ2n) is 5.46. The summed E-state index contributed by atoms with van der Waals surface area (Å²) in [6.45, 7) is 1.80. The molecule has 0 saturated heterocycles. The first-order chi connectivity index (χ1) is 11.6. The fourth-order valence-electron chi connectivity index (χ4n) is 2.76. The molecule has 1 aromatic heterocycles. The van der Waals surface area contributed by atoms with Crippen LogP contribution >= 0.6 is 0 Å². The minimum atomic E-state index is -0.366. The van der Waals surface area contributed by atoms with Crippen molar-refractivity contribution in [1.82, 2.24) is 4.98 Å². The molecular formula is C20H16N2O2. The van der Waals surface area contributed by atoms with Crippen molar-refractivity contribution in [3.8, 4) is 34.1 Å². The Labute approximate surface area is 140 Å². The number of para-hydroxylation sites is 1. The third-order valence-corrected chi connectivity index (χ3v) is 3.87. The Hall–Kier alpha value is -3.32. The van der Waals surface area contributed by atoms with E-state index in [-0.39, 0.29) is 11.1 Å². The van der Waals surface area contributed by atoms with Crippen molar-refractivity contribution in [3.63, 3.8) is 0 Å². The molecule has 0 amide bonds. The number of aromatic nitrogens is 1. The number of rotatable bonds is 3. The number of pyridine rings is 1. The number of methoxy groups -OCH3 is 1. The fraction of sp³-hybridized carbons (Fsp3) is 0.100. The smallest absolute Gasteiger partial charge is 0.266 e. The Morgan fingerprint density at radius 3 is 2.42 bits per heavy atom. The molecule has 0 unspecified atom stereocenters. The first kappa shape index (κ1) is 15.6. The predicted octanol–water partition coefficient (Wildman–Crippen LogP) is 3.90. The van der Waals surface area contributed by atoms with Gasteiger partial charge >= 0.3 is 0 Å². The van der Waals surface area contributed by atoms with Gasteiger partial charge in [0.05, 0.1) is 7.11 Å². The molecule has 0 aliphatic rings. The lowest BCUT2D eigenvalue weighted by Crippen LogP contribution is -2.12. The molecule has 0 aliphatic heterocycles. The van der Waals surface area contributed by atoms with Crippen LogP contribution in [0.4, 0.5) is 0 Å². The van der Waals surface area contributed by atoms with Gasteiger partial charge in [0.2, 0.25) is 0 Å². The third-order valence-electron chi connectivity index (χ3n) is 3.87. The topological polar surface area (TPSA) is 65.9 Å². The summed E-state index contributed by atoms with van der Waals surface area (Å²) in [6.07, 6.45) is 0. The molecule has 1 heterocycles. The van der Waals surface area contributed by atoms with E-state index >= 15 is 0 Å². The molecule has 3 aromatic rings. The average molecular weight is 316 g/mol. The molecule has 24 heavy (non-hydrogen) atoms. The Kier molecular flexibility index (Phi) is 4.17. The van der Waals surface area contributed by atoms with E-state index in [9.17, 15) is 10.1 Å². The number of nitrogens with zero attached hydrogens (tertiary/aromatic N) is 1. The molecule has 1 N–H and O–H groups in total. The lowest BCUT2D eigenvalue weighted by molar-refractivity contribution is 0.416.